The summed E-state index contributed by atoms with van der Waals surface area (Å²) in [6.07, 6.45) is 0. The molecule has 9 rings (SSSR count). The molecule has 0 heterocycles. The Morgan fingerprint density at radius 3 is 1.52 bits per heavy atom. The number of hydrogen-bond acceptors (Lipinski definition) is 2. The van der Waals surface area contributed by atoms with Gasteiger partial charge in [0.2, 0.25) is 0 Å². The highest BCUT2D eigenvalue weighted by Crippen LogP contribution is 2.45. The van der Waals surface area contributed by atoms with Crippen LogP contribution in [0.1, 0.15) is 0 Å². The standard InChI is InChI=1S/C48H34N2/c1-4-19-40(20-5-1)49(41-21-6-2-7-22-41)44-32-38-17-12-13-25-46(38)48(34-44)50(42-23-8-3-9-24-42)43-30-29-36-18-14-26-45(47(36)33-43)39-28-27-35-15-10-11-16-37(35)31-39/h1-34H. The van der Waals surface area contributed by atoms with Gasteiger partial charge in [-0.25, -0.2) is 0 Å². The first kappa shape index (κ1) is 29.5. The van der Waals surface area contributed by atoms with Crippen LogP contribution in [0.15, 0.2) is 206 Å². The van der Waals surface area contributed by atoms with Gasteiger partial charge < -0.3 is 9.80 Å². The van der Waals surface area contributed by atoms with E-state index in [1.165, 1.54) is 43.4 Å². The number of para-hydroxylation sites is 3. The summed E-state index contributed by atoms with van der Waals surface area (Å²) in [5.41, 5.74) is 9.06. The molecule has 236 valence electrons. The van der Waals surface area contributed by atoms with Gasteiger partial charge in [-0.15, -0.1) is 0 Å². The average Bonchev–Trinajstić information content (AvgIpc) is 3.19. The second kappa shape index (κ2) is 12.8. The highest BCUT2D eigenvalue weighted by molar-refractivity contribution is 6.05. The van der Waals surface area contributed by atoms with Gasteiger partial charge in [-0.05, 0) is 105 Å². The summed E-state index contributed by atoms with van der Waals surface area (Å²) < 4.78 is 0. The number of fused-ring (bicyclic) bond motifs is 3. The van der Waals surface area contributed by atoms with Crippen LogP contribution in [0.4, 0.5) is 34.1 Å². The largest absolute Gasteiger partial charge is 0.310 e. The normalized spacial score (nSPS) is 11.2. The van der Waals surface area contributed by atoms with E-state index in [4.69, 9.17) is 0 Å². The summed E-state index contributed by atoms with van der Waals surface area (Å²) in [7, 11) is 0. The van der Waals surface area contributed by atoms with E-state index < -0.39 is 0 Å². The molecule has 0 N–H and O–H groups in total. The predicted octanol–water partition coefficient (Wildman–Crippen LogP) is 13.8. The third-order valence-electron chi connectivity index (χ3n) is 9.55. The fourth-order valence-electron chi connectivity index (χ4n) is 7.20. The molecule has 0 atom stereocenters. The van der Waals surface area contributed by atoms with Crippen molar-refractivity contribution >= 4 is 66.4 Å². The van der Waals surface area contributed by atoms with Gasteiger partial charge in [0.05, 0.1) is 5.69 Å². The summed E-state index contributed by atoms with van der Waals surface area (Å²) >= 11 is 0. The van der Waals surface area contributed by atoms with Crippen molar-refractivity contribution in [2.75, 3.05) is 9.80 Å². The number of benzene rings is 9. The molecule has 0 spiro atoms. The van der Waals surface area contributed by atoms with Crippen LogP contribution in [0.2, 0.25) is 0 Å². The second-order valence-corrected chi connectivity index (χ2v) is 12.6. The Labute approximate surface area is 292 Å². The summed E-state index contributed by atoms with van der Waals surface area (Å²) in [6.45, 7) is 0. The molecule has 9 aromatic rings. The molecule has 0 aliphatic heterocycles. The minimum atomic E-state index is 1.09. The Morgan fingerprint density at radius 2 is 0.820 bits per heavy atom. The topological polar surface area (TPSA) is 6.48 Å². The summed E-state index contributed by atoms with van der Waals surface area (Å²) in [5, 5.41) is 7.29. The van der Waals surface area contributed by atoms with Gasteiger partial charge in [-0.3, -0.25) is 0 Å². The molecule has 0 unspecified atom stereocenters. The summed E-state index contributed by atoms with van der Waals surface area (Å²) in [4.78, 5) is 4.76. The lowest BCUT2D eigenvalue weighted by Gasteiger charge is -2.31. The van der Waals surface area contributed by atoms with Crippen molar-refractivity contribution < 1.29 is 0 Å². The van der Waals surface area contributed by atoms with Crippen LogP contribution >= 0.6 is 0 Å². The smallest absolute Gasteiger partial charge is 0.0560 e. The van der Waals surface area contributed by atoms with Gasteiger partial charge in [-0.2, -0.15) is 0 Å². The van der Waals surface area contributed by atoms with Gasteiger partial charge in [0, 0.05) is 33.8 Å². The van der Waals surface area contributed by atoms with Crippen LogP contribution in [0, 0.1) is 0 Å². The lowest BCUT2D eigenvalue weighted by molar-refractivity contribution is 1.26. The summed E-state index contributed by atoms with van der Waals surface area (Å²) in [6, 6.07) is 74.2. The molecule has 0 saturated heterocycles. The first-order chi connectivity index (χ1) is 24.8. The van der Waals surface area contributed by atoms with Crippen LogP contribution in [-0.4, -0.2) is 0 Å². The lowest BCUT2D eigenvalue weighted by Crippen LogP contribution is -2.13. The van der Waals surface area contributed by atoms with E-state index in [-0.39, 0.29) is 0 Å². The first-order valence-electron chi connectivity index (χ1n) is 17.1. The second-order valence-electron chi connectivity index (χ2n) is 12.6. The Morgan fingerprint density at radius 1 is 0.260 bits per heavy atom. The van der Waals surface area contributed by atoms with Crippen molar-refractivity contribution in [1.29, 1.82) is 0 Å². The molecule has 0 aliphatic carbocycles. The van der Waals surface area contributed by atoms with Crippen LogP contribution in [0.3, 0.4) is 0 Å². The van der Waals surface area contributed by atoms with Gasteiger partial charge in [0.15, 0.2) is 0 Å². The zero-order valence-corrected chi connectivity index (χ0v) is 27.5. The third kappa shape index (κ3) is 5.43. The molecule has 9 aromatic carbocycles. The molecule has 2 nitrogen and oxygen atoms in total. The Balaban J connectivity index is 1.28. The van der Waals surface area contributed by atoms with E-state index in [9.17, 15) is 0 Å². The highest BCUT2D eigenvalue weighted by Gasteiger charge is 2.21. The molecule has 2 heteroatoms. The van der Waals surface area contributed by atoms with E-state index in [1.807, 2.05) is 0 Å². The van der Waals surface area contributed by atoms with E-state index in [0.29, 0.717) is 0 Å². The molecule has 0 amide bonds. The molecule has 0 saturated carbocycles. The van der Waals surface area contributed by atoms with Crippen molar-refractivity contribution in [1.82, 2.24) is 0 Å². The molecule has 0 radical (unpaired) electrons. The monoisotopic (exact) mass is 638 g/mol. The van der Waals surface area contributed by atoms with Gasteiger partial charge in [0.1, 0.15) is 0 Å². The molecule has 0 bridgehead atoms. The Kier molecular flexibility index (Phi) is 7.53. The van der Waals surface area contributed by atoms with Gasteiger partial charge in [-0.1, -0.05) is 140 Å². The highest BCUT2D eigenvalue weighted by atomic mass is 15.2. The quantitative estimate of drug-likeness (QED) is 0.171. The maximum absolute atomic E-state index is 2.41. The molecule has 0 fully saturated rings. The van der Waals surface area contributed by atoms with Gasteiger partial charge >= 0.3 is 0 Å². The fourth-order valence-corrected chi connectivity index (χ4v) is 7.20. The minimum Gasteiger partial charge on any atom is -0.310 e. The third-order valence-corrected chi connectivity index (χ3v) is 9.55. The van der Waals surface area contributed by atoms with Crippen molar-refractivity contribution in [2.24, 2.45) is 0 Å². The van der Waals surface area contributed by atoms with Crippen molar-refractivity contribution in [3.05, 3.63) is 206 Å². The number of nitrogens with zero attached hydrogens (tertiary/aromatic N) is 2. The minimum absolute atomic E-state index is 1.09. The molecular weight excluding hydrogens is 605 g/mol. The lowest BCUT2D eigenvalue weighted by atomic mass is 9.95. The van der Waals surface area contributed by atoms with E-state index in [0.717, 1.165) is 34.1 Å². The Bertz CT molecular complexity index is 2560. The molecule has 0 aromatic heterocycles. The summed E-state index contributed by atoms with van der Waals surface area (Å²) in [5.74, 6) is 0. The van der Waals surface area contributed by atoms with Crippen molar-refractivity contribution in [2.45, 2.75) is 0 Å². The maximum Gasteiger partial charge on any atom is 0.0560 e. The van der Waals surface area contributed by atoms with Crippen LogP contribution < -0.4 is 9.80 Å². The van der Waals surface area contributed by atoms with E-state index >= 15 is 0 Å². The maximum atomic E-state index is 2.41. The SMILES string of the molecule is c1ccc(N(c2ccccc2)c2cc(N(c3ccccc3)c3ccc4cccc(-c5ccc6ccccc6c5)c4c3)c3ccccc3c2)cc1. The van der Waals surface area contributed by atoms with Crippen LogP contribution in [0.25, 0.3) is 43.4 Å². The zero-order valence-electron chi connectivity index (χ0n) is 27.5. The number of rotatable bonds is 7. The van der Waals surface area contributed by atoms with Crippen LogP contribution in [-0.2, 0) is 0 Å². The Hall–Kier alpha value is -6.64. The van der Waals surface area contributed by atoms with Crippen LogP contribution in [0.5, 0.6) is 0 Å². The average molecular weight is 639 g/mol. The van der Waals surface area contributed by atoms with E-state index in [2.05, 4.69) is 216 Å². The predicted molar refractivity (Wildman–Crippen MR) is 214 cm³/mol. The molecule has 50 heavy (non-hydrogen) atoms. The fraction of sp³-hybridized carbons (Fsp3) is 0. The van der Waals surface area contributed by atoms with Crippen molar-refractivity contribution in [3.63, 3.8) is 0 Å². The zero-order chi connectivity index (χ0) is 33.3. The number of hydrogen-bond donors (Lipinski definition) is 0. The molecule has 0 aliphatic rings. The first-order valence-corrected chi connectivity index (χ1v) is 17.1. The van der Waals surface area contributed by atoms with Crippen molar-refractivity contribution in [3.8, 4) is 11.1 Å². The van der Waals surface area contributed by atoms with E-state index in [1.54, 1.807) is 0 Å². The van der Waals surface area contributed by atoms with Gasteiger partial charge in [0.25, 0.3) is 0 Å². The molecular formula is C48H34N2. The number of anilines is 6.